The van der Waals surface area contributed by atoms with E-state index in [9.17, 15) is 4.79 Å². The van der Waals surface area contributed by atoms with E-state index < -0.39 is 0 Å². The smallest absolute Gasteiger partial charge is 0.256 e. The van der Waals surface area contributed by atoms with E-state index in [0.717, 1.165) is 0 Å². The van der Waals surface area contributed by atoms with Gasteiger partial charge in [-0.2, -0.15) is 0 Å². The van der Waals surface area contributed by atoms with Crippen molar-refractivity contribution in [2.75, 3.05) is 0 Å². The highest BCUT2D eigenvalue weighted by Crippen LogP contribution is 2.04. The van der Waals surface area contributed by atoms with E-state index in [-0.39, 0.29) is 17.7 Å². The van der Waals surface area contributed by atoms with Gasteiger partial charge in [-0.15, -0.1) is 0 Å². The van der Waals surface area contributed by atoms with E-state index >= 15 is 0 Å². The molecular weight excluding hydrogens is 184 g/mol. The summed E-state index contributed by atoms with van der Waals surface area (Å²) >= 11 is 0. The number of aliphatic hydroxyl groups excluding tert-OH is 1. The highest BCUT2D eigenvalue weighted by atomic mass is 16.3. The number of H-pyrrole nitrogens is 2. The van der Waals surface area contributed by atoms with Gasteiger partial charge in [0.05, 0.1) is 12.2 Å². The molecule has 72 valence electrons. The number of imidazole rings is 1. The number of aromatic amines is 2. The first kappa shape index (κ1) is 8.64. The normalized spacial score (nSPS) is 10.4. The topological polar surface area (TPSA) is 94.7 Å². The lowest BCUT2D eigenvalue weighted by Crippen LogP contribution is -2.14. The summed E-state index contributed by atoms with van der Waals surface area (Å²) in [5, 5.41) is 8.76. The lowest BCUT2D eigenvalue weighted by atomic mass is 10.3. The lowest BCUT2D eigenvalue weighted by molar-refractivity contribution is 0.279. The fourth-order valence-electron chi connectivity index (χ4n) is 1.05. The third kappa shape index (κ3) is 1.42. The molecule has 0 unspecified atom stereocenters. The van der Waals surface area contributed by atoms with Crippen LogP contribution < -0.4 is 5.56 Å². The first-order valence-corrected chi connectivity index (χ1v) is 4.00. The molecule has 0 aliphatic heterocycles. The molecular formula is C8H8N4O2. The van der Waals surface area contributed by atoms with E-state index in [1.165, 1.54) is 6.20 Å². The monoisotopic (exact) mass is 192 g/mol. The second kappa shape index (κ2) is 3.43. The largest absolute Gasteiger partial charge is 0.391 e. The van der Waals surface area contributed by atoms with Gasteiger partial charge in [-0.25, -0.2) is 9.97 Å². The van der Waals surface area contributed by atoms with Gasteiger partial charge in [0, 0.05) is 18.6 Å². The molecule has 2 rings (SSSR count). The summed E-state index contributed by atoms with van der Waals surface area (Å²) in [5.74, 6) is 0.851. The SMILES string of the molecule is O=c1[nH]c(-c2ncc[nH]2)ncc1CO. The molecule has 0 bridgehead atoms. The molecule has 0 saturated carbocycles. The van der Waals surface area contributed by atoms with E-state index in [1.54, 1.807) is 12.4 Å². The zero-order chi connectivity index (χ0) is 9.97. The van der Waals surface area contributed by atoms with Crippen molar-refractivity contribution >= 4 is 0 Å². The zero-order valence-corrected chi connectivity index (χ0v) is 7.19. The van der Waals surface area contributed by atoms with Crippen LogP contribution in [0.25, 0.3) is 11.6 Å². The van der Waals surface area contributed by atoms with Crippen LogP contribution in [0, 0.1) is 0 Å². The molecule has 2 aromatic heterocycles. The maximum atomic E-state index is 11.3. The van der Waals surface area contributed by atoms with E-state index in [4.69, 9.17) is 5.11 Å². The standard InChI is InChI=1S/C8H8N4O2/c13-4-5-3-11-7(12-8(5)14)6-9-1-2-10-6/h1-3,13H,4H2,(H,9,10)(H,11,12,14). The molecule has 2 heterocycles. The summed E-state index contributed by atoms with van der Waals surface area (Å²) in [6, 6.07) is 0. The number of aromatic nitrogens is 4. The maximum absolute atomic E-state index is 11.3. The number of nitrogens with one attached hydrogen (secondary N) is 2. The van der Waals surface area contributed by atoms with Crippen LogP contribution in [-0.2, 0) is 6.61 Å². The molecule has 3 N–H and O–H groups in total. The number of aliphatic hydroxyl groups is 1. The van der Waals surface area contributed by atoms with Crippen molar-refractivity contribution in [3.8, 4) is 11.6 Å². The minimum absolute atomic E-state index is 0.236. The molecule has 0 aromatic carbocycles. The average Bonchev–Trinajstić information content (AvgIpc) is 2.70. The van der Waals surface area contributed by atoms with Crippen LogP contribution in [0.5, 0.6) is 0 Å². The quantitative estimate of drug-likeness (QED) is 0.606. The van der Waals surface area contributed by atoms with Crippen molar-refractivity contribution in [1.82, 2.24) is 19.9 Å². The Morgan fingerprint density at radius 2 is 2.21 bits per heavy atom. The molecule has 2 aromatic rings. The predicted molar refractivity (Wildman–Crippen MR) is 48.4 cm³/mol. The minimum Gasteiger partial charge on any atom is -0.391 e. The number of hydrogen-bond donors (Lipinski definition) is 3. The fraction of sp³-hybridized carbons (Fsp3) is 0.125. The Bertz CT molecular complexity index is 474. The van der Waals surface area contributed by atoms with Crippen LogP contribution in [0.15, 0.2) is 23.4 Å². The van der Waals surface area contributed by atoms with Gasteiger partial charge in [0.15, 0.2) is 11.6 Å². The second-order valence-electron chi connectivity index (χ2n) is 2.68. The van der Waals surface area contributed by atoms with Crippen molar-refractivity contribution in [2.24, 2.45) is 0 Å². The number of nitrogens with zero attached hydrogens (tertiary/aromatic N) is 2. The number of rotatable bonds is 2. The molecule has 6 heteroatoms. The highest BCUT2D eigenvalue weighted by Gasteiger charge is 2.04. The van der Waals surface area contributed by atoms with Crippen LogP contribution in [0.4, 0.5) is 0 Å². The van der Waals surface area contributed by atoms with Gasteiger partial charge in [0.1, 0.15) is 0 Å². The van der Waals surface area contributed by atoms with Crippen molar-refractivity contribution < 1.29 is 5.11 Å². The molecule has 0 saturated heterocycles. The summed E-state index contributed by atoms with van der Waals surface area (Å²) in [4.78, 5) is 24.5. The van der Waals surface area contributed by atoms with E-state index in [2.05, 4.69) is 19.9 Å². The molecule has 0 fully saturated rings. The van der Waals surface area contributed by atoms with Crippen molar-refractivity contribution in [3.63, 3.8) is 0 Å². The molecule has 0 aliphatic rings. The average molecular weight is 192 g/mol. The van der Waals surface area contributed by atoms with Crippen LogP contribution in [0.3, 0.4) is 0 Å². The summed E-state index contributed by atoms with van der Waals surface area (Å²) in [7, 11) is 0. The van der Waals surface area contributed by atoms with Gasteiger partial charge in [0.25, 0.3) is 5.56 Å². The Hall–Kier alpha value is -1.95. The summed E-state index contributed by atoms with van der Waals surface area (Å²) in [5.41, 5.74) is -0.116. The van der Waals surface area contributed by atoms with Gasteiger partial charge >= 0.3 is 0 Å². The second-order valence-corrected chi connectivity index (χ2v) is 2.68. The Labute approximate surface area is 78.7 Å². The Kier molecular flexibility index (Phi) is 2.11. The third-order valence-electron chi connectivity index (χ3n) is 1.77. The van der Waals surface area contributed by atoms with E-state index in [0.29, 0.717) is 11.6 Å². The van der Waals surface area contributed by atoms with Gasteiger partial charge in [-0.3, -0.25) is 4.79 Å². The number of hydrogen-bond acceptors (Lipinski definition) is 4. The van der Waals surface area contributed by atoms with Gasteiger partial charge in [-0.05, 0) is 0 Å². The Morgan fingerprint density at radius 3 is 2.79 bits per heavy atom. The molecule has 6 nitrogen and oxygen atoms in total. The van der Waals surface area contributed by atoms with Crippen molar-refractivity contribution in [3.05, 3.63) is 34.5 Å². The van der Waals surface area contributed by atoms with Crippen molar-refractivity contribution in [1.29, 1.82) is 0 Å². The molecule has 0 atom stereocenters. The summed E-state index contributed by atoms with van der Waals surface area (Å²) in [6.45, 7) is -0.319. The van der Waals surface area contributed by atoms with Crippen LogP contribution in [0.1, 0.15) is 5.56 Å². The minimum atomic E-state index is -0.353. The molecule has 0 aliphatic carbocycles. The van der Waals surface area contributed by atoms with Crippen LogP contribution in [0.2, 0.25) is 0 Å². The molecule has 0 radical (unpaired) electrons. The summed E-state index contributed by atoms with van der Waals surface area (Å²) in [6.07, 6.45) is 4.53. The summed E-state index contributed by atoms with van der Waals surface area (Å²) < 4.78 is 0. The lowest BCUT2D eigenvalue weighted by Gasteiger charge is -1.97. The molecule has 14 heavy (non-hydrogen) atoms. The third-order valence-corrected chi connectivity index (χ3v) is 1.77. The Balaban J connectivity index is 2.48. The maximum Gasteiger partial charge on any atom is 0.256 e. The molecule has 0 spiro atoms. The zero-order valence-electron chi connectivity index (χ0n) is 7.19. The first-order valence-electron chi connectivity index (χ1n) is 4.00. The molecule has 0 amide bonds. The first-order chi connectivity index (χ1) is 6.81. The van der Waals surface area contributed by atoms with Gasteiger partial charge < -0.3 is 15.1 Å². The van der Waals surface area contributed by atoms with E-state index in [1.807, 2.05) is 0 Å². The van der Waals surface area contributed by atoms with Crippen molar-refractivity contribution in [2.45, 2.75) is 6.61 Å². The van der Waals surface area contributed by atoms with Gasteiger partial charge in [-0.1, -0.05) is 0 Å². The van der Waals surface area contributed by atoms with Crippen LogP contribution in [-0.4, -0.2) is 25.0 Å². The predicted octanol–water partition coefficient (Wildman–Crippen LogP) is -0.348. The Morgan fingerprint density at radius 1 is 1.36 bits per heavy atom. The fourth-order valence-corrected chi connectivity index (χ4v) is 1.05. The highest BCUT2D eigenvalue weighted by molar-refractivity contribution is 5.41. The van der Waals surface area contributed by atoms with Gasteiger partial charge in [0.2, 0.25) is 0 Å². The van der Waals surface area contributed by atoms with Crippen LogP contribution >= 0.6 is 0 Å².